The number of carbonyl (C=O) groups is 2. The average molecular weight is 339 g/mol. The smallest absolute Gasteiger partial charge is 0.335 e. The number of aromatic carboxylic acids is 1. The van der Waals surface area contributed by atoms with E-state index in [1.165, 1.54) is 18.3 Å². The van der Waals surface area contributed by atoms with Crippen LogP contribution in [0.4, 0.5) is 5.69 Å². The minimum atomic E-state index is -1.01. The van der Waals surface area contributed by atoms with Crippen molar-refractivity contribution in [3.8, 4) is 0 Å². The molecule has 0 spiro atoms. The van der Waals surface area contributed by atoms with E-state index in [-0.39, 0.29) is 28.0 Å². The van der Waals surface area contributed by atoms with Crippen molar-refractivity contribution in [2.24, 2.45) is 0 Å². The molecule has 0 fully saturated rings. The maximum Gasteiger partial charge on any atom is 0.335 e. The summed E-state index contributed by atoms with van der Waals surface area (Å²) in [6, 6.07) is 5.99. The van der Waals surface area contributed by atoms with Crippen LogP contribution in [-0.2, 0) is 10.8 Å². The van der Waals surface area contributed by atoms with Gasteiger partial charge in [-0.15, -0.1) is 0 Å². The van der Waals surface area contributed by atoms with E-state index in [2.05, 4.69) is 43.0 Å². The van der Waals surface area contributed by atoms with Crippen molar-refractivity contribution in [1.29, 1.82) is 0 Å². The van der Waals surface area contributed by atoms with Gasteiger partial charge in [0.1, 0.15) is 5.69 Å². The minimum Gasteiger partial charge on any atom is -0.478 e. The Balaban J connectivity index is 1.85. The van der Waals surface area contributed by atoms with Gasteiger partial charge in [-0.25, -0.2) is 9.78 Å². The molecule has 6 nitrogen and oxygen atoms in total. The fourth-order valence-electron chi connectivity index (χ4n) is 3.63. The molecule has 2 aromatic rings. The zero-order chi connectivity index (χ0) is 18.4. The fourth-order valence-corrected chi connectivity index (χ4v) is 3.63. The minimum absolute atomic E-state index is 0.0620. The van der Waals surface area contributed by atoms with Crippen LogP contribution < -0.4 is 5.32 Å². The Hall–Kier alpha value is -2.76. The lowest BCUT2D eigenvalue weighted by molar-refractivity contribution is 0.0696. The molecule has 1 aromatic heterocycles. The third-order valence-corrected chi connectivity index (χ3v) is 4.56. The Morgan fingerprint density at radius 3 is 2.24 bits per heavy atom. The summed E-state index contributed by atoms with van der Waals surface area (Å²) in [4.78, 5) is 32.4. The van der Waals surface area contributed by atoms with E-state index in [1.54, 1.807) is 12.1 Å². The van der Waals surface area contributed by atoms with Crippen molar-refractivity contribution in [2.75, 3.05) is 5.32 Å². The number of carboxylic acid groups (broad SMARTS) is 1. The highest BCUT2D eigenvalue weighted by atomic mass is 16.4. The van der Waals surface area contributed by atoms with Crippen LogP contribution in [0.3, 0.4) is 0 Å². The lowest BCUT2D eigenvalue weighted by Gasteiger charge is -2.21. The van der Waals surface area contributed by atoms with Gasteiger partial charge in [-0.2, -0.15) is 0 Å². The lowest BCUT2D eigenvalue weighted by atomic mass is 9.83. The molecule has 0 aliphatic heterocycles. The first-order chi connectivity index (χ1) is 11.6. The molecule has 130 valence electrons. The van der Waals surface area contributed by atoms with Crippen molar-refractivity contribution in [1.82, 2.24) is 9.97 Å². The van der Waals surface area contributed by atoms with E-state index < -0.39 is 5.97 Å². The highest BCUT2D eigenvalue weighted by Crippen LogP contribution is 2.47. The number of nitrogens with one attached hydrogen (secondary N) is 1. The fraction of sp³-hybridized carbons (Fsp3) is 0.368. The standard InChI is InChI=1S/C19H21N3O3/c1-18(2)10-19(3,4)15-14(18)20-9-13(22-15)16(23)21-12-7-5-11(6-8-12)17(24)25/h5-9H,10H2,1-4H3,(H,21,23)(H,24,25). The molecule has 0 bridgehead atoms. The largest absolute Gasteiger partial charge is 0.478 e. The Morgan fingerprint density at radius 1 is 1.04 bits per heavy atom. The number of amides is 1. The summed E-state index contributed by atoms with van der Waals surface area (Å²) in [5.41, 5.74) is 2.55. The average Bonchev–Trinajstić information content (AvgIpc) is 2.72. The van der Waals surface area contributed by atoms with E-state index in [9.17, 15) is 9.59 Å². The molecule has 25 heavy (non-hydrogen) atoms. The van der Waals surface area contributed by atoms with Crippen molar-refractivity contribution < 1.29 is 14.7 Å². The number of aromatic nitrogens is 2. The summed E-state index contributed by atoms with van der Waals surface area (Å²) in [6.07, 6.45) is 2.43. The zero-order valence-electron chi connectivity index (χ0n) is 14.8. The number of benzene rings is 1. The van der Waals surface area contributed by atoms with Gasteiger partial charge in [0.2, 0.25) is 0 Å². The van der Waals surface area contributed by atoms with Gasteiger partial charge in [0, 0.05) is 16.5 Å². The third-order valence-electron chi connectivity index (χ3n) is 4.56. The van der Waals surface area contributed by atoms with Gasteiger partial charge in [-0.3, -0.25) is 9.78 Å². The first kappa shape index (κ1) is 17.1. The molecule has 6 heteroatoms. The maximum atomic E-state index is 12.5. The molecule has 3 rings (SSSR count). The SMILES string of the molecule is CC1(C)CC(C)(C)c2nc(C(=O)Nc3ccc(C(=O)O)cc3)cnc21. The number of fused-ring (bicyclic) bond motifs is 1. The molecular formula is C19H21N3O3. The summed E-state index contributed by atoms with van der Waals surface area (Å²) < 4.78 is 0. The number of rotatable bonds is 3. The molecule has 1 aliphatic rings. The zero-order valence-corrected chi connectivity index (χ0v) is 14.8. The van der Waals surface area contributed by atoms with E-state index >= 15 is 0 Å². The molecule has 0 unspecified atom stereocenters. The van der Waals surface area contributed by atoms with Crippen LogP contribution >= 0.6 is 0 Å². The summed E-state index contributed by atoms with van der Waals surface area (Å²) >= 11 is 0. The van der Waals surface area contributed by atoms with Crippen LogP contribution in [-0.4, -0.2) is 27.0 Å². The maximum absolute atomic E-state index is 12.5. The van der Waals surface area contributed by atoms with Crippen LogP contribution in [0.15, 0.2) is 30.5 Å². The van der Waals surface area contributed by atoms with Gasteiger partial charge in [0.25, 0.3) is 5.91 Å². The number of nitrogens with zero attached hydrogens (tertiary/aromatic N) is 2. The second kappa shape index (κ2) is 5.65. The number of hydrogen-bond donors (Lipinski definition) is 2. The van der Waals surface area contributed by atoms with Crippen molar-refractivity contribution in [2.45, 2.75) is 44.9 Å². The molecule has 0 saturated carbocycles. The third kappa shape index (κ3) is 3.12. The number of carbonyl (C=O) groups excluding carboxylic acids is 1. The highest BCUT2D eigenvalue weighted by Gasteiger charge is 2.44. The van der Waals surface area contributed by atoms with E-state index in [4.69, 9.17) is 5.11 Å². The number of carboxylic acids is 1. The van der Waals surface area contributed by atoms with Crippen LogP contribution in [0, 0.1) is 0 Å². The van der Waals surface area contributed by atoms with Crippen LogP contribution in [0.1, 0.15) is 66.4 Å². The second-order valence-corrected chi connectivity index (χ2v) is 7.73. The first-order valence-electron chi connectivity index (χ1n) is 8.13. The van der Waals surface area contributed by atoms with Gasteiger partial charge < -0.3 is 10.4 Å². The van der Waals surface area contributed by atoms with Crippen molar-refractivity contribution >= 4 is 17.6 Å². The van der Waals surface area contributed by atoms with Crippen LogP contribution in [0.2, 0.25) is 0 Å². The Bertz CT molecular complexity index is 855. The van der Waals surface area contributed by atoms with E-state index in [0.717, 1.165) is 17.8 Å². The quantitative estimate of drug-likeness (QED) is 0.894. The van der Waals surface area contributed by atoms with Crippen molar-refractivity contribution in [3.63, 3.8) is 0 Å². The first-order valence-corrected chi connectivity index (χ1v) is 8.13. The predicted molar refractivity (Wildman–Crippen MR) is 94.1 cm³/mol. The Morgan fingerprint density at radius 2 is 1.64 bits per heavy atom. The van der Waals surface area contributed by atoms with Gasteiger partial charge in [0.15, 0.2) is 0 Å². The summed E-state index contributed by atoms with van der Waals surface area (Å²) in [5.74, 6) is -1.37. The van der Waals surface area contributed by atoms with E-state index in [0.29, 0.717) is 5.69 Å². The van der Waals surface area contributed by atoms with Crippen molar-refractivity contribution in [3.05, 3.63) is 53.1 Å². The monoisotopic (exact) mass is 339 g/mol. The molecule has 1 heterocycles. The number of hydrogen-bond acceptors (Lipinski definition) is 4. The molecule has 0 radical (unpaired) electrons. The summed E-state index contributed by atoms with van der Waals surface area (Å²) in [7, 11) is 0. The molecule has 2 N–H and O–H groups in total. The molecule has 1 amide bonds. The summed E-state index contributed by atoms with van der Waals surface area (Å²) in [6.45, 7) is 8.50. The van der Waals surface area contributed by atoms with Crippen LogP contribution in [0.25, 0.3) is 0 Å². The van der Waals surface area contributed by atoms with Gasteiger partial charge in [-0.05, 0) is 30.7 Å². The van der Waals surface area contributed by atoms with E-state index in [1.807, 2.05) is 0 Å². The topological polar surface area (TPSA) is 92.2 Å². The van der Waals surface area contributed by atoms with Gasteiger partial charge in [0.05, 0.1) is 23.1 Å². The molecule has 0 atom stereocenters. The highest BCUT2D eigenvalue weighted by molar-refractivity contribution is 6.03. The van der Waals surface area contributed by atoms with Crippen LogP contribution in [0.5, 0.6) is 0 Å². The summed E-state index contributed by atoms with van der Waals surface area (Å²) in [5, 5.41) is 11.6. The Labute approximate surface area is 146 Å². The molecule has 1 aromatic carbocycles. The molecular weight excluding hydrogens is 318 g/mol. The Kier molecular flexibility index (Phi) is 3.86. The van der Waals surface area contributed by atoms with Gasteiger partial charge in [-0.1, -0.05) is 27.7 Å². The van der Waals surface area contributed by atoms with Gasteiger partial charge >= 0.3 is 5.97 Å². The number of anilines is 1. The predicted octanol–water partition coefficient (Wildman–Crippen LogP) is 3.39. The lowest BCUT2D eigenvalue weighted by Crippen LogP contribution is -2.19. The second-order valence-electron chi connectivity index (χ2n) is 7.73. The molecule has 1 aliphatic carbocycles. The molecule has 0 saturated heterocycles. The normalized spacial score (nSPS) is 17.0.